The molecule has 1 aliphatic rings. The van der Waals surface area contributed by atoms with Gasteiger partial charge in [-0.1, -0.05) is 12.1 Å². The molecule has 0 radical (unpaired) electrons. The summed E-state index contributed by atoms with van der Waals surface area (Å²) in [5.74, 6) is -0.562. The van der Waals surface area contributed by atoms with Crippen LogP contribution in [0.1, 0.15) is 26.3 Å². The second-order valence-corrected chi connectivity index (χ2v) is 6.88. The summed E-state index contributed by atoms with van der Waals surface area (Å²) in [6, 6.07) is 7.35. The van der Waals surface area contributed by atoms with Crippen LogP contribution in [-0.4, -0.2) is 60.0 Å². The normalized spacial score (nSPS) is 19.5. The maximum Gasteiger partial charge on any atom is 0.338 e. The number of aliphatic hydroxyl groups excluding tert-OH is 1. The molecule has 1 unspecified atom stereocenters. The van der Waals surface area contributed by atoms with Crippen molar-refractivity contribution in [3.8, 4) is 5.75 Å². The monoisotopic (exact) mass is 351 g/mol. The predicted octanol–water partition coefficient (Wildman–Crippen LogP) is 1.13. The van der Waals surface area contributed by atoms with Crippen LogP contribution in [0.3, 0.4) is 0 Å². The molecule has 0 aliphatic carbocycles. The Balaban J connectivity index is 2.02. The number of rotatable bonds is 5. The highest BCUT2D eigenvalue weighted by atomic mass is 16.6. The fourth-order valence-electron chi connectivity index (χ4n) is 2.47. The first-order chi connectivity index (χ1) is 11.7. The second-order valence-electron chi connectivity index (χ2n) is 6.88. The number of benzene rings is 1. The number of esters is 1. The van der Waals surface area contributed by atoms with Crippen LogP contribution in [0.5, 0.6) is 5.75 Å². The lowest BCUT2D eigenvalue weighted by Gasteiger charge is -2.34. The lowest BCUT2D eigenvalue weighted by atomic mass is 10.1. The number of morpholine rings is 1. The van der Waals surface area contributed by atoms with Crippen LogP contribution in [0.25, 0.3) is 0 Å². The third-order valence-corrected chi connectivity index (χ3v) is 3.68. The molecule has 1 fully saturated rings. The number of hydrogen-bond acceptors (Lipinski definition) is 6. The molecular weight excluding hydrogens is 326 g/mol. The summed E-state index contributed by atoms with van der Waals surface area (Å²) in [7, 11) is 1.59. The maximum absolute atomic E-state index is 12.6. The Bertz CT molecular complexity index is 607. The van der Waals surface area contributed by atoms with Crippen LogP contribution in [0.4, 0.5) is 0 Å². The Morgan fingerprint density at radius 2 is 2.00 bits per heavy atom. The molecule has 1 aliphatic heterocycles. The molecule has 1 heterocycles. The standard InChI is InChI=1S/C18H25NO6/c1-18(2,3)25-17(22)14(20)15-16(21)19(9-10-24-15)11-12-5-7-13(23-4)8-6-12/h5-8,14-15,20H,9-11H2,1-4H3/t14?,15-/m1/s1. The van der Waals surface area contributed by atoms with E-state index in [1.807, 2.05) is 24.3 Å². The molecule has 1 aromatic carbocycles. The number of nitrogens with zero attached hydrogens (tertiary/aromatic N) is 1. The molecule has 0 bridgehead atoms. The lowest BCUT2D eigenvalue weighted by Crippen LogP contribution is -2.54. The molecule has 1 aromatic rings. The minimum Gasteiger partial charge on any atom is -0.497 e. The van der Waals surface area contributed by atoms with Gasteiger partial charge in [-0.3, -0.25) is 4.79 Å². The summed E-state index contributed by atoms with van der Waals surface area (Å²) in [4.78, 5) is 26.1. The largest absolute Gasteiger partial charge is 0.497 e. The van der Waals surface area contributed by atoms with Crippen LogP contribution < -0.4 is 4.74 Å². The predicted molar refractivity (Wildman–Crippen MR) is 90.0 cm³/mol. The van der Waals surface area contributed by atoms with Gasteiger partial charge in [0.05, 0.1) is 13.7 Å². The molecule has 0 saturated carbocycles. The SMILES string of the molecule is COc1ccc(CN2CCO[C@H](C(O)C(=O)OC(C)(C)C)C2=O)cc1. The van der Waals surface area contributed by atoms with Crippen molar-refractivity contribution < 1.29 is 28.9 Å². The second kappa shape index (κ2) is 7.84. The van der Waals surface area contributed by atoms with Gasteiger partial charge < -0.3 is 24.2 Å². The van der Waals surface area contributed by atoms with E-state index in [2.05, 4.69) is 0 Å². The van der Waals surface area contributed by atoms with E-state index in [1.165, 1.54) is 0 Å². The molecule has 1 N–H and O–H groups in total. The number of ether oxygens (including phenoxy) is 3. The average Bonchev–Trinajstić information content (AvgIpc) is 2.55. The first kappa shape index (κ1) is 19.2. The molecule has 7 heteroatoms. The van der Waals surface area contributed by atoms with Crippen molar-refractivity contribution >= 4 is 11.9 Å². The maximum atomic E-state index is 12.6. The molecule has 138 valence electrons. The molecule has 1 saturated heterocycles. The third-order valence-electron chi connectivity index (χ3n) is 3.68. The fraction of sp³-hybridized carbons (Fsp3) is 0.556. The summed E-state index contributed by atoms with van der Waals surface area (Å²) in [5.41, 5.74) is 0.167. The average molecular weight is 351 g/mol. The van der Waals surface area contributed by atoms with Crippen molar-refractivity contribution in [3.05, 3.63) is 29.8 Å². The molecule has 7 nitrogen and oxygen atoms in total. The summed E-state index contributed by atoms with van der Waals surface area (Å²) in [6.45, 7) is 6.07. The number of methoxy groups -OCH3 is 1. The minimum absolute atomic E-state index is 0.242. The number of amides is 1. The van der Waals surface area contributed by atoms with Gasteiger partial charge in [0, 0.05) is 13.1 Å². The van der Waals surface area contributed by atoms with Gasteiger partial charge in [0.25, 0.3) is 5.91 Å². The van der Waals surface area contributed by atoms with E-state index >= 15 is 0 Å². The first-order valence-electron chi connectivity index (χ1n) is 8.15. The van der Waals surface area contributed by atoms with Crippen LogP contribution in [-0.2, 0) is 25.6 Å². The summed E-state index contributed by atoms with van der Waals surface area (Å²) in [6.07, 6.45) is -2.90. The fourth-order valence-corrected chi connectivity index (χ4v) is 2.47. The first-order valence-corrected chi connectivity index (χ1v) is 8.15. The van der Waals surface area contributed by atoms with E-state index in [4.69, 9.17) is 14.2 Å². The van der Waals surface area contributed by atoms with Crippen LogP contribution in [0, 0.1) is 0 Å². The Morgan fingerprint density at radius 3 is 2.56 bits per heavy atom. The van der Waals surface area contributed by atoms with Gasteiger partial charge in [-0.2, -0.15) is 0 Å². The van der Waals surface area contributed by atoms with E-state index in [-0.39, 0.29) is 6.61 Å². The minimum atomic E-state index is -1.65. The van der Waals surface area contributed by atoms with E-state index < -0.39 is 29.7 Å². The van der Waals surface area contributed by atoms with Gasteiger partial charge in [0.15, 0.2) is 12.2 Å². The Kier molecular flexibility index (Phi) is 6.02. The van der Waals surface area contributed by atoms with Gasteiger partial charge in [-0.15, -0.1) is 0 Å². The van der Waals surface area contributed by atoms with Gasteiger partial charge in [-0.25, -0.2) is 4.79 Å². The van der Waals surface area contributed by atoms with Crippen molar-refractivity contribution in [2.75, 3.05) is 20.3 Å². The molecule has 0 spiro atoms. The van der Waals surface area contributed by atoms with Crippen molar-refractivity contribution in [3.63, 3.8) is 0 Å². The van der Waals surface area contributed by atoms with E-state index in [0.29, 0.717) is 13.1 Å². The molecule has 2 rings (SSSR count). The van der Waals surface area contributed by atoms with Crippen LogP contribution in [0.15, 0.2) is 24.3 Å². The number of carbonyl (C=O) groups excluding carboxylic acids is 2. The van der Waals surface area contributed by atoms with E-state index in [0.717, 1.165) is 11.3 Å². The van der Waals surface area contributed by atoms with Gasteiger partial charge >= 0.3 is 5.97 Å². The Hall–Kier alpha value is -2.12. The Labute approximate surface area is 147 Å². The zero-order chi connectivity index (χ0) is 18.6. The van der Waals surface area contributed by atoms with Crippen LogP contribution >= 0.6 is 0 Å². The highest BCUT2D eigenvalue weighted by Crippen LogP contribution is 2.18. The number of hydrogen-bond donors (Lipinski definition) is 1. The lowest BCUT2D eigenvalue weighted by molar-refractivity contribution is -0.184. The molecule has 0 aromatic heterocycles. The quantitative estimate of drug-likeness (QED) is 0.801. The summed E-state index contributed by atoms with van der Waals surface area (Å²) < 4.78 is 15.6. The highest BCUT2D eigenvalue weighted by molar-refractivity contribution is 5.89. The zero-order valence-corrected chi connectivity index (χ0v) is 15.0. The number of aliphatic hydroxyl groups is 1. The van der Waals surface area contributed by atoms with Crippen molar-refractivity contribution in [1.82, 2.24) is 4.90 Å². The van der Waals surface area contributed by atoms with E-state index in [9.17, 15) is 14.7 Å². The van der Waals surface area contributed by atoms with Crippen molar-refractivity contribution in [2.24, 2.45) is 0 Å². The highest BCUT2D eigenvalue weighted by Gasteiger charge is 2.40. The zero-order valence-electron chi connectivity index (χ0n) is 15.0. The van der Waals surface area contributed by atoms with Crippen LogP contribution in [0.2, 0.25) is 0 Å². The molecule has 1 amide bonds. The van der Waals surface area contributed by atoms with Gasteiger partial charge in [-0.05, 0) is 38.5 Å². The molecule has 2 atom stereocenters. The summed E-state index contributed by atoms with van der Waals surface area (Å²) >= 11 is 0. The Morgan fingerprint density at radius 1 is 1.36 bits per heavy atom. The third kappa shape index (κ3) is 5.17. The van der Waals surface area contributed by atoms with Gasteiger partial charge in [0.2, 0.25) is 0 Å². The van der Waals surface area contributed by atoms with Gasteiger partial charge in [0.1, 0.15) is 11.4 Å². The van der Waals surface area contributed by atoms with E-state index in [1.54, 1.807) is 32.8 Å². The number of carbonyl (C=O) groups is 2. The topological polar surface area (TPSA) is 85.3 Å². The van der Waals surface area contributed by atoms with Crippen molar-refractivity contribution in [2.45, 2.75) is 45.1 Å². The smallest absolute Gasteiger partial charge is 0.338 e. The van der Waals surface area contributed by atoms with Crippen molar-refractivity contribution in [1.29, 1.82) is 0 Å². The molecular formula is C18H25NO6. The summed E-state index contributed by atoms with van der Waals surface area (Å²) in [5, 5.41) is 10.2. The molecule has 25 heavy (non-hydrogen) atoms.